The van der Waals surface area contributed by atoms with Crippen LogP contribution < -0.4 is 11.1 Å². The van der Waals surface area contributed by atoms with Crippen molar-refractivity contribution in [1.82, 2.24) is 9.97 Å². The van der Waals surface area contributed by atoms with Gasteiger partial charge >= 0.3 is 11.1 Å². The highest BCUT2D eigenvalue weighted by molar-refractivity contribution is 4.95. The summed E-state index contributed by atoms with van der Waals surface area (Å²) < 4.78 is 0. The number of hydrogen-bond acceptors (Lipinski definition) is 2. The van der Waals surface area contributed by atoms with Crippen molar-refractivity contribution in [3.63, 3.8) is 0 Å². The third kappa shape index (κ3) is 3.58. The van der Waals surface area contributed by atoms with Crippen molar-refractivity contribution >= 4 is 0 Å². The van der Waals surface area contributed by atoms with Gasteiger partial charge in [-0.3, -0.25) is 9.59 Å². The van der Waals surface area contributed by atoms with Crippen LogP contribution in [-0.4, -0.2) is 9.97 Å². The van der Waals surface area contributed by atoms with Crippen LogP contribution in [0.2, 0.25) is 0 Å². The van der Waals surface area contributed by atoms with E-state index in [0.717, 1.165) is 24.5 Å². The molecule has 4 heteroatoms. The minimum absolute atomic E-state index is 0.539. The molecule has 1 heterocycles. The zero-order valence-corrected chi connectivity index (χ0v) is 10.1. The number of nitrogens with one attached hydrogen (secondary N) is 2. The first-order chi connectivity index (χ1) is 8.25. The minimum atomic E-state index is -0.566. The molecular formula is C13H20N2O2. The van der Waals surface area contributed by atoms with Crippen molar-refractivity contribution in [3.8, 4) is 0 Å². The first-order valence-electron chi connectivity index (χ1n) is 6.56. The summed E-state index contributed by atoms with van der Waals surface area (Å²) in [5, 5.41) is 0. The molecule has 1 aromatic rings. The van der Waals surface area contributed by atoms with Gasteiger partial charge in [-0.25, -0.2) is 0 Å². The molecule has 2 rings (SSSR count). The molecule has 0 atom stereocenters. The van der Waals surface area contributed by atoms with Crippen LogP contribution in [0.25, 0.3) is 0 Å². The number of rotatable bonds is 3. The lowest BCUT2D eigenvalue weighted by atomic mass is 9.94. The Morgan fingerprint density at radius 1 is 1.06 bits per heavy atom. The summed E-state index contributed by atoms with van der Waals surface area (Å²) in [7, 11) is 0. The molecule has 1 fully saturated rings. The zero-order chi connectivity index (χ0) is 12.1. The second kappa shape index (κ2) is 5.84. The molecule has 0 amide bonds. The maximum absolute atomic E-state index is 11.1. The number of aromatic nitrogens is 2. The van der Waals surface area contributed by atoms with E-state index in [9.17, 15) is 9.59 Å². The molecule has 0 aromatic carbocycles. The fourth-order valence-corrected chi connectivity index (χ4v) is 2.60. The van der Waals surface area contributed by atoms with Crippen LogP contribution >= 0.6 is 0 Å². The van der Waals surface area contributed by atoms with Crippen LogP contribution in [0.1, 0.15) is 50.6 Å². The summed E-state index contributed by atoms with van der Waals surface area (Å²) in [4.78, 5) is 27.2. The monoisotopic (exact) mass is 236 g/mol. The van der Waals surface area contributed by atoms with Crippen molar-refractivity contribution in [2.24, 2.45) is 5.92 Å². The molecule has 0 radical (unpaired) electrons. The van der Waals surface area contributed by atoms with Gasteiger partial charge in [-0.2, -0.15) is 0 Å². The molecular weight excluding hydrogens is 216 g/mol. The zero-order valence-electron chi connectivity index (χ0n) is 10.1. The lowest BCUT2D eigenvalue weighted by molar-refractivity contribution is 0.426. The first-order valence-corrected chi connectivity index (χ1v) is 6.56. The van der Waals surface area contributed by atoms with Gasteiger partial charge in [0, 0.05) is 11.9 Å². The third-order valence-corrected chi connectivity index (χ3v) is 3.65. The maximum Gasteiger partial charge on any atom is 0.313 e. The van der Waals surface area contributed by atoms with Gasteiger partial charge in [-0.1, -0.05) is 38.5 Å². The molecule has 0 bridgehead atoms. The summed E-state index contributed by atoms with van der Waals surface area (Å²) in [5.74, 6) is 0.785. The molecule has 2 N–H and O–H groups in total. The Hall–Kier alpha value is -1.32. The molecule has 0 unspecified atom stereocenters. The highest BCUT2D eigenvalue weighted by atomic mass is 16.2. The molecule has 17 heavy (non-hydrogen) atoms. The van der Waals surface area contributed by atoms with Crippen molar-refractivity contribution in [1.29, 1.82) is 0 Å². The average Bonchev–Trinajstić information content (AvgIpc) is 2.59. The lowest BCUT2D eigenvalue weighted by Gasteiger charge is -2.13. The normalized spacial score (nSPS) is 17.9. The molecule has 94 valence electrons. The lowest BCUT2D eigenvalue weighted by Crippen LogP contribution is -2.29. The number of aromatic amines is 2. The van der Waals surface area contributed by atoms with Gasteiger partial charge in [-0.05, 0) is 18.8 Å². The van der Waals surface area contributed by atoms with Crippen LogP contribution in [0.5, 0.6) is 0 Å². The van der Waals surface area contributed by atoms with Crippen LogP contribution in [0.4, 0.5) is 0 Å². The Bertz CT molecular complexity index is 453. The van der Waals surface area contributed by atoms with E-state index >= 15 is 0 Å². The fraction of sp³-hybridized carbons (Fsp3) is 0.692. The Morgan fingerprint density at radius 3 is 2.41 bits per heavy atom. The van der Waals surface area contributed by atoms with Crippen molar-refractivity contribution in [3.05, 3.63) is 32.6 Å². The number of H-pyrrole nitrogens is 2. The molecule has 0 saturated heterocycles. The highest BCUT2D eigenvalue weighted by Crippen LogP contribution is 2.26. The smallest absolute Gasteiger partial charge is 0.313 e. The van der Waals surface area contributed by atoms with Crippen LogP contribution in [0.3, 0.4) is 0 Å². The third-order valence-electron chi connectivity index (χ3n) is 3.65. The molecule has 1 aliphatic carbocycles. The second-order valence-electron chi connectivity index (χ2n) is 4.99. The largest absolute Gasteiger partial charge is 0.323 e. The van der Waals surface area contributed by atoms with E-state index in [-0.39, 0.29) is 0 Å². The van der Waals surface area contributed by atoms with E-state index in [2.05, 4.69) is 9.97 Å². The minimum Gasteiger partial charge on any atom is -0.323 e. The van der Waals surface area contributed by atoms with E-state index in [1.165, 1.54) is 38.5 Å². The van der Waals surface area contributed by atoms with E-state index < -0.39 is 11.1 Å². The number of hydrogen-bond donors (Lipinski definition) is 2. The van der Waals surface area contributed by atoms with Crippen molar-refractivity contribution < 1.29 is 0 Å². The van der Waals surface area contributed by atoms with Gasteiger partial charge in [-0.15, -0.1) is 0 Å². The molecule has 1 aliphatic rings. The van der Waals surface area contributed by atoms with Gasteiger partial charge in [0.25, 0.3) is 0 Å². The van der Waals surface area contributed by atoms with Crippen LogP contribution in [0.15, 0.2) is 15.8 Å². The Labute approximate surface area is 100 Å². The molecule has 1 aromatic heterocycles. The molecule has 4 nitrogen and oxygen atoms in total. The Morgan fingerprint density at radius 2 is 1.76 bits per heavy atom. The average molecular weight is 236 g/mol. The van der Waals surface area contributed by atoms with Gasteiger partial charge < -0.3 is 9.97 Å². The van der Waals surface area contributed by atoms with Crippen molar-refractivity contribution in [2.45, 2.75) is 51.4 Å². The topological polar surface area (TPSA) is 65.7 Å². The molecule has 0 spiro atoms. The van der Waals surface area contributed by atoms with E-state index in [4.69, 9.17) is 0 Å². The SMILES string of the molecule is O=c1[nH]cc(CCC2CCCCCC2)[nH]c1=O. The summed E-state index contributed by atoms with van der Waals surface area (Å²) in [6.45, 7) is 0. The summed E-state index contributed by atoms with van der Waals surface area (Å²) >= 11 is 0. The first kappa shape index (κ1) is 12.1. The van der Waals surface area contributed by atoms with Gasteiger partial charge in [0.2, 0.25) is 0 Å². The maximum atomic E-state index is 11.1. The predicted molar refractivity (Wildman–Crippen MR) is 67.2 cm³/mol. The summed E-state index contributed by atoms with van der Waals surface area (Å²) in [6.07, 6.45) is 11.6. The summed E-state index contributed by atoms with van der Waals surface area (Å²) in [5.41, 5.74) is -0.259. The van der Waals surface area contributed by atoms with E-state index in [1.807, 2.05) is 0 Å². The Balaban J connectivity index is 1.90. The van der Waals surface area contributed by atoms with E-state index in [0.29, 0.717) is 0 Å². The quantitative estimate of drug-likeness (QED) is 0.622. The van der Waals surface area contributed by atoms with Crippen molar-refractivity contribution in [2.75, 3.05) is 0 Å². The standard InChI is InChI=1S/C13H20N2O2/c16-12-13(17)15-11(9-14-12)8-7-10-5-3-1-2-4-6-10/h9-10H,1-8H2,(H,14,16)(H,15,17). The predicted octanol–water partition coefficient (Wildman–Crippen LogP) is 1.97. The second-order valence-corrected chi connectivity index (χ2v) is 4.99. The van der Waals surface area contributed by atoms with Gasteiger partial charge in [0.15, 0.2) is 0 Å². The summed E-state index contributed by atoms with van der Waals surface area (Å²) in [6, 6.07) is 0. The van der Waals surface area contributed by atoms with Gasteiger partial charge in [0.05, 0.1) is 0 Å². The van der Waals surface area contributed by atoms with Crippen LogP contribution in [0, 0.1) is 5.92 Å². The number of aryl methyl sites for hydroxylation is 1. The van der Waals surface area contributed by atoms with Crippen LogP contribution in [-0.2, 0) is 6.42 Å². The highest BCUT2D eigenvalue weighted by Gasteiger charge is 2.12. The fourth-order valence-electron chi connectivity index (χ4n) is 2.60. The van der Waals surface area contributed by atoms with E-state index in [1.54, 1.807) is 6.20 Å². The Kier molecular flexibility index (Phi) is 4.18. The molecule has 0 aliphatic heterocycles. The van der Waals surface area contributed by atoms with Gasteiger partial charge in [0.1, 0.15) is 0 Å². The molecule has 1 saturated carbocycles.